The highest BCUT2D eigenvalue weighted by atomic mass is 19.4. The first-order valence-corrected chi connectivity index (χ1v) is 8.38. The van der Waals surface area contributed by atoms with E-state index in [0.717, 1.165) is 31.5 Å². The molecule has 1 aliphatic rings. The van der Waals surface area contributed by atoms with Gasteiger partial charge >= 0.3 is 6.18 Å². The van der Waals surface area contributed by atoms with Crippen molar-refractivity contribution in [1.82, 2.24) is 9.78 Å². The van der Waals surface area contributed by atoms with Gasteiger partial charge in [-0.15, -0.1) is 0 Å². The van der Waals surface area contributed by atoms with Crippen LogP contribution in [0.15, 0.2) is 24.5 Å². The van der Waals surface area contributed by atoms with Crippen LogP contribution in [0.25, 0.3) is 11.1 Å². The second-order valence-electron chi connectivity index (χ2n) is 5.61. The van der Waals surface area contributed by atoms with Gasteiger partial charge in [0.05, 0.1) is 11.8 Å². The Morgan fingerprint density at radius 1 is 1.21 bits per heavy atom. The lowest BCUT2D eigenvalue weighted by Gasteiger charge is -2.31. The summed E-state index contributed by atoms with van der Waals surface area (Å²) in [7, 11) is 1.70. The summed E-state index contributed by atoms with van der Waals surface area (Å²) in [5, 5.41) is 4.00. The molecule has 0 saturated carbocycles. The molecule has 0 amide bonds. The summed E-state index contributed by atoms with van der Waals surface area (Å²) in [6.07, 6.45) is 0.516. The Morgan fingerprint density at radius 3 is 2.46 bits per heavy atom. The summed E-state index contributed by atoms with van der Waals surface area (Å²) < 4.78 is 42.0. The fourth-order valence-corrected chi connectivity index (χ4v) is 3.07. The third-order valence-corrected chi connectivity index (χ3v) is 4.14. The van der Waals surface area contributed by atoms with Gasteiger partial charge in [-0.1, -0.05) is 13.8 Å². The molecule has 0 radical (unpaired) electrons. The van der Waals surface area contributed by atoms with E-state index in [9.17, 15) is 13.2 Å². The van der Waals surface area contributed by atoms with E-state index in [-0.39, 0.29) is 5.56 Å². The molecule has 6 heteroatoms. The minimum Gasteiger partial charge on any atom is -0.372 e. The average Bonchev–Trinajstić information content (AvgIpc) is 3.00. The number of anilines is 1. The number of fused-ring (bicyclic) bond motifs is 1. The van der Waals surface area contributed by atoms with Crippen LogP contribution in [0.3, 0.4) is 0 Å². The normalized spacial score (nSPS) is 14.0. The van der Waals surface area contributed by atoms with Gasteiger partial charge in [0.15, 0.2) is 0 Å². The van der Waals surface area contributed by atoms with Crippen molar-refractivity contribution in [3.8, 4) is 11.1 Å². The Bertz CT molecular complexity index is 689. The molecule has 0 unspecified atom stereocenters. The molecule has 132 valence electrons. The number of benzene rings is 1. The Labute approximate surface area is 141 Å². The fraction of sp³-hybridized carbons (Fsp3) is 0.500. The van der Waals surface area contributed by atoms with Crippen molar-refractivity contribution in [3.05, 3.63) is 35.7 Å². The molecule has 0 atom stereocenters. The highest BCUT2D eigenvalue weighted by molar-refractivity contribution is 5.73. The first kappa shape index (κ1) is 18.4. The fourth-order valence-electron chi connectivity index (χ4n) is 3.07. The van der Waals surface area contributed by atoms with Crippen molar-refractivity contribution in [1.29, 1.82) is 0 Å². The van der Waals surface area contributed by atoms with Crippen molar-refractivity contribution in [2.75, 3.05) is 18.0 Å². The molecule has 0 spiro atoms. The van der Waals surface area contributed by atoms with Crippen molar-refractivity contribution in [2.24, 2.45) is 7.05 Å². The number of aromatic nitrogens is 2. The molecule has 24 heavy (non-hydrogen) atoms. The van der Waals surface area contributed by atoms with E-state index in [0.29, 0.717) is 11.3 Å². The molecule has 1 aromatic carbocycles. The van der Waals surface area contributed by atoms with Gasteiger partial charge in [-0.25, -0.2) is 0 Å². The predicted molar refractivity (Wildman–Crippen MR) is 91.2 cm³/mol. The molecule has 0 fully saturated rings. The van der Waals surface area contributed by atoms with Crippen LogP contribution >= 0.6 is 0 Å². The molecule has 0 aliphatic carbocycles. The third kappa shape index (κ3) is 3.57. The van der Waals surface area contributed by atoms with E-state index in [1.807, 2.05) is 25.7 Å². The Hall–Kier alpha value is -1.98. The number of nitrogens with zero attached hydrogens (tertiary/aromatic N) is 3. The Balaban J connectivity index is 0.00000100. The van der Waals surface area contributed by atoms with Crippen molar-refractivity contribution in [3.63, 3.8) is 0 Å². The van der Waals surface area contributed by atoms with Gasteiger partial charge in [-0.05, 0) is 43.0 Å². The van der Waals surface area contributed by atoms with E-state index < -0.39 is 11.7 Å². The van der Waals surface area contributed by atoms with E-state index in [2.05, 4.69) is 5.10 Å². The Morgan fingerprint density at radius 2 is 1.92 bits per heavy atom. The largest absolute Gasteiger partial charge is 0.417 e. The number of hydrogen-bond acceptors (Lipinski definition) is 2. The van der Waals surface area contributed by atoms with Gasteiger partial charge in [0.2, 0.25) is 0 Å². The molecule has 1 aliphatic heterocycles. The van der Waals surface area contributed by atoms with Crippen molar-refractivity contribution >= 4 is 5.69 Å². The minimum absolute atomic E-state index is 0.220. The summed E-state index contributed by atoms with van der Waals surface area (Å²) in [5.41, 5.74) is 1.84. The van der Waals surface area contributed by atoms with Crippen LogP contribution in [-0.2, 0) is 19.6 Å². The zero-order valence-corrected chi connectivity index (χ0v) is 14.6. The highest BCUT2D eigenvalue weighted by Gasteiger charge is 2.36. The molecule has 0 saturated heterocycles. The SMILES string of the molecule is CC.CCN1CCCc2cc(-c3cnn(C)c3)c(C(F)(F)F)cc21. The molecule has 0 bridgehead atoms. The Kier molecular flexibility index (Phi) is 5.57. The maximum atomic E-state index is 13.5. The maximum absolute atomic E-state index is 13.5. The summed E-state index contributed by atoms with van der Waals surface area (Å²) in [6, 6.07) is 3.00. The lowest BCUT2D eigenvalue weighted by Crippen LogP contribution is -2.29. The smallest absolute Gasteiger partial charge is 0.372 e. The number of halogens is 3. The van der Waals surface area contributed by atoms with Gasteiger partial charge in [-0.2, -0.15) is 18.3 Å². The molecular formula is C18H24F3N3. The lowest BCUT2D eigenvalue weighted by atomic mass is 9.93. The van der Waals surface area contributed by atoms with Crippen LogP contribution in [0, 0.1) is 0 Å². The predicted octanol–water partition coefficient (Wildman–Crippen LogP) is 4.90. The van der Waals surface area contributed by atoms with Gasteiger partial charge in [0.25, 0.3) is 0 Å². The van der Waals surface area contributed by atoms with Crippen LogP contribution in [0.5, 0.6) is 0 Å². The first-order chi connectivity index (χ1) is 11.4. The molecule has 3 rings (SSSR count). The van der Waals surface area contributed by atoms with E-state index in [4.69, 9.17) is 0 Å². The summed E-state index contributed by atoms with van der Waals surface area (Å²) in [5.74, 6) is 0. The van der Waals surface area contributed by atoms with Crippen molar-refractivity contribution in [2.45, 2.75) is 39.8 Å². The summed E-state index contributed by atoms with van der Waals surface area (Å²) in [4.78, 5) is 2.01. The van der Waals surface area contributed by atoms with Gasteiger partial charge in [-0.3, -0.25) is 4.68 Å². The number of aryl methyl sites for hydroxylation is 2. The highest BCUT2D eigenvalue weighted by Crippen LogP contribution is 2.42. The van der Waals surface area contributed by atoms with Crippen LogP contribution in [0.4, 0.5) is 18.9 Å². The quantitative estimate of drug-likeness (QED) is 0.775. The van der Waals surface area contributed by atoms with E-state index in [1.165, 1.54) is 16.9 Å². The number of alkyl halides is 3. The average molecular weight is 339 g/mol. The minimum atomic E-state index is -4.38. The molecule has 2 aromatic rings. The lowest BCUT2D eigenvalue weighted by molar-refractivity contribution is -0.137. The van der Waals surface area contributed by atoms with E-state index >= 15 is 0 Å². The molecule has 1 aromatic heterocycles. The van der Waals surface area contributed by atoms with E-state index in [1.54, 1.807) is 19.3 Å². The van der Waals surface area contributed by atoms with Gasteiger partial charge in [0.1, 0.15) is 0 Å². The topological polar surface area (TPSA) is 21.1 Å². The standard InChI is InChI=1S/C16H18F3N3.C2H6/c1-3-22-6-4-5-11-7-13(12-9-20-21(2)10-12)14(8-15(11)22)16(17,18)19;1-2/h7-10H,3-6H2,1-2H3;1-2H3. The number of hydrogen-bond donors (Lipinski definition) is 0. The maximum Gasteiger partial charge on any atom is 0.417 e. The third-order valence-electron chi connectivity index (χ3n) is 4.14. The van der Waals surface area contributed by atoms with Crippen molar-refractivity contribution < 1.29 is 13.2 Å². The van der Waals surface area contributed by atoms with Gasteiger partial charge < -0.3 is 4.90 Å². The van der Waals surface area contributed by atoms with Gasteiger partial charge in [0, 0.05) is 37.6 Å². The molecule has 0 N–H and O–H groups in total. The van der Waals surface area contributed by atoms with Crippen LogP contribution in [0.1, 0.15) is 38.3 Å². The molecule has 2 heterocycles. The second-order valence-corrected chi connectivity index (χ2v) is 5.61. The monoisotopic (exact) mass is 339 g/mol. The van der Waals surface area contributed by atoms with Crippen LogP contribution in [0.2, 0.25) is 0 Å². The first-order valence-electron chi connectivity index (χ1n) is 8.38. The molecular weight excluding hydrogens is 315 g/mol. The van der Waals surface area contributed by atoms with Crippen LogP contribution in [-0.4, -0.2) is 22.9 Å². The zero-order valence-electron chi connectivity index (χ0n) is 14.6. The summed E-state index contributed by atoms with van der Waals surface area (Å²) >= 11 is 0. The zero-order chi connectivity index (χ0) is 17.9. The second kappa shape index (κ2) is 7.28. The number of rotatable bonds is 2. The molecule has 3 nitrogen and oxygen atoms in total. The summed E-state index contributed by atoms with van der Waals surface area (Å²) in [6.45, 7) is 7.50. The van der Waals surface area contributed by atoms with Crippen LogP contribution < -0.4 is 4.90 Å².